The molecule has 0 unspecified atom stereocenters. The third-order valence-corrected chi connectivity index (χ3v) is 8.24. The predicted molar refractivity (Wildman–Crippen MR) is 183 cm³/mol. The first-order chi connectivity index (χ1) is 21.1. The Balaban J connectivity index is 1.30. The summed E-state index contributed by atoms with van der Waals surface area (Å²) in [7, 11) is 1.72. The molecule has 0 fully saturated rings. The van der Waals surface area contributed by atoms with Gasteiger partial charge in [-0.3, -0.25) is 0 Å². The monoisotopic (exact) mass is 568 g/mol. The first-order valence-corrected chi connectivity index (χ1v) is 15.5. The van der Waals surface area contributed by atoms with E-state index in [4.69, 9.17) is 4.74 Å². The van der Waals surface area contributed by atoms with Crippen LogP contribution < -0.4 is 15.4 Å². The van der Waals surface area contributed by atoms with Crippen molar-refractivity contribution in [2.75, 3.05) is 30.8 Å². The number of nitrogens with one attached hydrogen (secondary N) is 2. The Morgan fingerprint density at radius 3 is 1.44 bits per heavy atom. The molecule has 0 saturated heterocycles. The van der Waals surface area contributed by atoms with Crippen molar-refractivity contribution in [1.29, 1.82) is 0 Å². The second kappa shape index (κ2) is 15.1. The van der Waals surface area contributed by atoms with Crippen molar-refractivity contribution in [1.82, 2.24) is 0 Å². The largest absolute Gasteiger partial charge is 0.497 e. The molecule has 0 atom stereocenters. The van der Waals surface area contributed by atoms with Crippen LogP contribution in [0.1, 0.15) is 57.7 Å². The first-order valence-electron chi connectivity index (χ1n) is 15.5. The summed E-state index contributed by atoms with van der Waals surface area (Å²) >= 11 is 0. The molecule has 5 rings (SSSR count). The zero-order chi connectivity index (χ0) is 29.9. The van der Waals surface area contributed by atoms with Gasteiger partial charge >= 0.3 is 0 Å². The lowest BCUT2D eigenvalue weighted by Gasteiger charge is -2.24. The molecule has 0 aliphatic rings. The van der Waals surface area contributed by atoms with Crippen LogP contribution in [-0.2, 0) is 12.8 Å². The smallest absolute Gasteiger partial charge is 0.118 e. The van der Waals surface area contributed by atoms with Crippen molar-refractivity contribution in [2.24, 2.45) is 0 Å². The molecule has 0 heterocycles. The van der Waals surface area contributed by atoms with E-state index in [1.165, 1.54) is 50.3 Å². The molecule has 5 aromatic carbocycles. The molecule has 0 spiro atoms. The Bertz CT molecular complexity index is 1470. The molecular weight excluding hydrogens is 524 g/mol. The fourth-order valence-corrected chi connectivity index (χ4v) is 5.88. The Labute approximate surface area is 258 Å². The van der Waals surface area contributed by atoms with Gasteiger partial charge in [-0.15, -0.1) is 0 Å². The normalized spacial score (nSPS) is 11.0. The fraction of sp³-hybridized carbons (Fsp3) is 0.250. The van der Waals surface area contributed by atoms with Gasteiger partial charge in [0, 0.05) is 30.4 Å². The molecule has 0 aromatic heterocycles. The number of benzene rings is 5. The van der Waals surface area contributed by atoms with Gasteiger partial charge in [0.25, 0.3) is 0 Å². The average Bonchev–Trinajstić information content (AvgIpc) is 3.04. The zero-order valence-corrected chi connectivity index (χ0v) is 25.8. The van der Waals surface area contributed by atoms with Crippen LogP contribution in [0.15, 0.2) is 121 Å². The summed E-state index contributed by atoms with van der Waals surface area (Å²) in [4.78, 5) is 0. The summed E-state index contributed by atoms with van der Waals surface area (Å²) in [6.07, 6.45) is 4.37. The summed E-state index contributed by atoms with van der Waals surface area (Å²) in [5.41, 5.74) is 11.6. The molecule has 0 amide bonds. The van der Waals surface area contributed by atoms with Gasteiger partial charge in [0.1, 0.15) is 5.75 Å². The maximum Gasteiger partial charge on any atom is 0.118 e. The van der Waals surface area contributed by atoms with Gasteiger partial charge in [0.2, 0.25) is 0 Å². The quantitative estimate of drug-likeness (QED) is 0.103. The number of aryl methyl sites for hydroxylation is 4. The van der Waals surface area contributed by atoms with Crippen LogP contribution in [0.4, 0.5) is 11.4 Å². The highest BCUT2D eigenvalue weighted by Crippen LogP contribution is 2.37. The summed E-state index contributed by atoms with van der Waals surface area (Å²) in [6, 6.07) is 43.6. The van der Waals surface area contributed by atoms with Crippen molar-refractivity contribution in [3.8, 4) is 5.75 Å². The Morgan fingerprint density at radius 1 is 0.558 bits per heavy atom. The van der Waals surface area contributed by atoms with E-state index >= 15 is 0 Å². The van der Waals surface area contributed by atoms with Gasteiger partial charge < -0.3 is 15.4 Å². The van der Waals surface area contributed by atoms with E-state index < -0.39 is 0 Å². The minimum atomic E-state index is 0.130. The predicted octanol–water partition coefficient (Wildman–Crippen LogP) is 9.58. The average molecular weight is 569 g/mol. The van der Waals surface area contributed by atoms with Crippen molar-refractivity contribution in [3.05, 3.63) is 160 Å². The van der Waals surface area contributed by atoms with Gasteiger partial charge in [0.05, 0.1) is 7.11 Å². The highest BCUT2D eigenvalue weighted by atomic mass is 16.5. The van der Waals surface area contributed by atoms with Crippen molar-refractivity contribution >= 4 is 11.4 Å². The van der Waals surface area contributed by atoms with E-state index in [9.17, 15) is 0 Å². The van der Waals surface area contributed by atoms with E-state index in [-0.39, 0.29) is 5.92 Å². The van der Waals surface area contributed by atoms with Gasteiger partial charge in [-0.2, -0.15) is 0 Å². The van der Waals surface area contributed by atoms with Gasteiger partial charge in [-0.25, -0.2) is 0 Å². The topological polar surface area (TPSA) is 33.3 Å². The van der Waals surface area contributed by atoms with E-state index in [1.54, 1.807) is 7.11 Å². The number of hydrogen-bond acceptors (Lipinski definition) is 3. The minimum absolute atomic E-state index is 0.130. The molecule has 3 nitrogen and oxygen atoms in total. The fourth-order valence-electron chi connectivity index (χ4n) is 5.88. The van der Waals surface area contributed by atoms with Crippen LogP contribution in [0.2, 0.25) is 0 Å². The highest BCUT2D eigenvalue weighted by Gasteiger charge is 2.21. The number of rotatable bonds is 14. The highest BCUT2D eigenvalue weighted by molar-refractivity contribution is 5.57. The second-order valence-electron chi connectivity index (χ2n) is 11.4. The molecule has 2 N–H and O–H groups in total. The molecule has 220 valence electrons. The molecular formula is C40H44N2O. The van der Waals surface area contributed by atoms with Crippen LogP contribution in [0.25, 0.3) is 0 Å². The lowest BCUT2D eigenvalue weighted by molar-refractivity contribution is 0.414. The summed E-state index contributed by atoms with van der Waals surface area (Å²) in [5.74, 6) is 1.01. The van der Waals surface area contributed by atoms with Gasteiger partial charge in [0.15, 0.2) is 0 Å². The first kappa shape index (κ1) is 30.0. The zero-order valence-electron chi connectivity index (χ0n) is 25.8. The van der Waals surface area contributed by atoms with Crippen LogP contribution in [-0.4, -0.2) is 20.2 Å². The molecule has 0 saturated carbocycles. The van der Waals surface area contributed by atoms with E-state index in [0.717, 1.165) is 44.5 Å². The lowest BCUT2D eigenvalue weighted by Crippen LogP contribution is -2.09. The third-order valence-electron chi connectivity index (χ3n) is 8.24. The molecule has 3 heteroatoms. The van der Waals surface area contributed by atoms with Crippen LogP contribution in [0, 0.1) is 13.8 Å². The van der Waals surface area contributed by atoms with Crippen LogP contribution >= 0.6 is 0 Å². The number of methoxy groups -OCH3 is 1. The Hall–Kier alpha value is -4.50. The minimum Gasteiger partial charge on any atom is -0.497 e. The van der Waals surface area contributed by atoms with Crippen molar-refractivity contribution < 1.29 is 4.74 Å². The summed E-state index contributed by atoms with van der Waals surface area (Å²) < 4.78 is 5.47. The van der Waals surface area contributed by atoms with E-state index in [0.29, 0.717) is 0 Å². The van der Waals surface area contributed by atoms with Crippen molar-refractivity contribution in [3.63, 3.8) is 0 Å². The molecule has 5 aromatic rings. The summed E-state index contributed by atoms with van der Waals surface area (Å²) in [6.45, 7) is 6.38. The number of anilines is 2. The van der Waals surface area contributed by atoms with Gasteiger partial charge in [-0.05, 0) is 115 Å². The second-order valence-corrected chi connectivity index (χ2v) is 11.4. The Kier molecular flexibility index (Phi) is 10.5. The SMILES string of the molecule is COc1ccc(C(c2ccc(NCCCc3ccccc3)cc2C)c2ccc(NCCCc3ccccc3)cc2C)cc1. The van der Waals surface area contributed by atoms with Crippen LogP contribution in [0.3, 0.4) is 0 Å². The van der Waals surface area contributed by atoms with Crippen LogP contribution in [0.5, 0.6) is 5.75 Å². The molecule has 0 radical (unpaired) electrons. The standard InChI is InChI=1S/C40H44N2O/c1-30-28-35(41-26-10-16-32-12-6-4-7-13-32)20-24-38(30)40(34-18-22-37(43-3)23-19-34)39-25-21-36(29-31(39)2)42-27-11-17-33-14-8-5-9-15-33/h4-9,12-15,18-25,28-29,40-42H,10-11,16-17,26-27H2,1-3H3. The Morgan fingerprint density at radius 2 is 1.02 bits per heavy atom. The van der Waals surface area contributed by atoms with Gasteiger partial charge in [-0.1, -0.05) is 84.9 Å². The number of hydrogen-bond donors (Lipinski definition) is 2. The number of ether oxygens (including phenoxy) is 1. The van der Waals surface area contributed by atoms with E-state index in [2.05, 4.69) is 146 Å². The molecule has 0 bridgehead atoms. The van der Waals surface area contributed by atoms with E-state index in [1.807, 2.05) is 0 Å². The molecule has 0 aliphatic carbocycles. The lowest BCUT2D eigenvalue weighted by atomic mass is 9.81. The molecule has 0 aliphatic heterocycles. The maximum absolute atomic E-state index is 5.47. The maximum atomic E-state index is 5.47. The third kappa shape index (κ3) is 8.29. The van der Waals surface area contributed by atoms with Crippen molar-refractivity contribution in [2.45, 2.75) is 45.4 Å². The molecule has 43 heavy (non-hydrogen) atoms. The summed E-state index contributed by atoms with van der Waals surface area (Å²) in [5, 5.41) is 7.29.